The van der Waals surface area contributed by atoms with Gasteiger partial charge in [-0.3, -0.25) is 4.79 Å². The molecule has 2 aromatic rings. The molecule has 0 N–H and O–H groups in total. The van der Waals surface area contributed by atoms with Crippen molar-refractivity contribution in [1.82, 2.24) is 4.90 Å². The summed E-state index contributed by atoms with van der Waals surface area (Å²) in [4.78, 5) is 28.2. The molecule has 0 aromatic heterocycles. The fraction of sp³-hybridized carbons (Fsp3) is 0.611. The van der Waals surface area contributed by atoms with Gasteiger partial charge in [-0.05, 0) is 60.7 Å². The van der Waals surface area contributed by atoms with Crippen LogP contribution in [0.4, 0.5) is 4.79 Å². The number of rotatable bonds is 18. The lowest BCUT2D eigenvalue weighted by molar-refractivity contribution is -0.153. The van der Waals surface area contributed by atoms with Crippen molar-refractivity contribution < 1.29 is 37.7 Å². The molecule has 5 atom stereocenters. The Morgan fingerprint density at radius 1 is 1.02 bits per heavy atom. The lowest BCUT2D eigenvalue weighted by Gasteiger charge is -2.43. The van der Waals surface area contributed by atoms with Crippen LogP contribution in [-0.4, -0.2) is 77.7 Å². The minimum atomic E-state index is -2.20. The molecule has 0 spiro atoms. The fourth-order valence-electron chi connectivity index (χ4n) is 5.52. The van der Waals surface area contributed by atoms with Gasteiger partial charge in [0.1, 0.15) is 19.1 Å². The Morgan fingerprint density at radius 2 is 1.70 bits per heavy atom. The van der Waals surface area contributed by atoms with E-state index in [-0.39, 0.29) is 42.4 Å². The van der Waals surface area contributed by atoms with Crippen molar-refractivity contribution in [2.75, 3.05) is 34.2 Å². The molecule has 1 aliphatic rings. The maximum atomic E-state index is 14.1. The number of amides is 2. The molecule has 9 nitrogen and oxygen atoms in total. The molecule has 46 heavy (non-hydrogen) atoms. The van der Waals surface area contributed by atoms with Crippen molar-refractivity contribution in [3.05, 3.63) is 65.7 Å². The molecular weight excluding hydrogens is 602 g/mol. The van der Waals surface area contributed by atoms with E-state index in [1.54, 1.807) is 14.2 Å². The van der Waals surface area contributed by atoms with Gasteiger partial charge in [0, 0.05) is 19.6 Å². The number of ether oxygens (including phenoxy) is 5. The van der Waals surface area contributed by atoms with Gasteiger partial charge in [-0.15, -0.1) is 0 Å². The normalized spacial score (nSPS) is 18.2. The summed E-state index contributed by atoms with van der Waals surface area (Å²) >= 11 is 0. The molecule has 256 valence electrons. The molecule has 0 bridgehead atoms. The second-order valence-electron chi connectivity index (χ2n) is 13.8. The number of hydrogen-bond acceptors (Lipinski definition) is 8. The van der Waals surface area contributed by atoms with Gasteiger partial charge in [0.05, 0.1) is 37.9 Å². The predicted octanol–water partition coefficient (Wildman–Crippen LogP) is 7.23. The highest BCUT2D eigenvalue weighted by Crippen LogP contribution is 2.40. The Bertz CT molecular complexity index is 1220. The van der Waals surface area contributed by atoms with E-state index >= 15 is 0 Å². The first kappa shape index (κ1) is 37.7. The lowest BCUT2D eigenvalue weighted by atomic mass is 9.86. The second kappa shape index (κ2) is 17.4. The standard InChI is InChI=1S/C36H55NO8Si/c1-26(32(45-46(8,9)36(3,4)5)16-13-21-42-23-29-17-19-31(41-7)20-18-29)33(44-25-40-6)27(2)34(38)37-30(24-43-35(37)39)22-28-14-11-10-12-15-28/h10-12,14-15,17-20,26-27,30,32-33H,13,16,21-25H2,1-9H3/t26-,27+,30+,32-,33-/m0/s1. The van der Waals surface area contributed by atoms with E-state index in [4.69, 9.17) is 28.1 Å². The molecule has 1 heterocycles. The average Bonchev–Trinajstić information content (AvgIpc) is 3.39. The smallest absolute Gasteiger partial charge is 0.416 e. The van der Waals surface area contributed by atoms with Crippen LogP contribution in [0.25, 0.3) is 0 Å². The summed E-state index contributed by atoms with van der Waals surface area (Å²) in [5, 5.41) is -0.00980. The molecule has 1 aliphatic heterocycles. The zero-order valence-electron chi connectivity index (χ0n) is 29.2. The van der Waals surface area contributed by atoms with Gasteiger partial charge in [0.25, 0.3) is 0 Å². The summed E-state index contributed by atoms with van der Waals surface area (Å²) in [6.07, 6.45) is 0.654. The van der Waals surface area contributed by atoms with Gasteiger partial charge in [0.2, 0.25) is 5.91 Å². The maximum absolute atomic E-state index is 14.1. The molecule has 3 rings (SSSR count). The Labute approximate surface area is 277 Å². The topological polar surface area (TPSA) is 92.8 Å². The van der Waals surface area contributed by atoms with Gasteiger partial charge >= 0.3 is 6.09 Å². The Morgan fingerprint density at radius 3 is 2.30 bits per heavy atom. The molecule has 0 aliphatic carbocycles. The lowest BCUT2D eigenvalue weighted by Crippen LogP contribution is -2.51. The summed E-state index contributed by atoms with van der Waals surface area (Å²) < 4.78 is 35.2. The van der Waals surface area contributed by atoms with Crippen LogP contribution in [-0.2, 0) is 41.2 Å². The van der Waals surface area contributed by atoms with Crippen molar-refractivity contribution >= 4 is 20.3 Å². The number of benzene rings is 2. The third-order valence-corrected chi connectivity index (χ3v) is 13.8. The highest BCUT2D eigenvalue weighted by Gasteiger charge is 2.46. The van der Waals surface area contributed by atoms with E-state index in [1.165, 1.54) is 4.90 Å². The highest BCUT2D eigenvalue weighted by molar-refractivity contribution is 6.74. The predicted molar refractivity (Wildman–Crippen MR) is 181 cm³/mol. The highest BCUT2D eigenvalue weighted by atomic mass is 28.4. The van der Waals surface area contributed by atoms with E-state index in [1.807, 2.05) is 61.5 Å². The van der Waals surface area contributed by atoms with Crippen LogP contribution < -0.4 is 4.74 Å². The van der Waals surface area contributed by atoms with Gasteiger partial charge in [-0.2, -0.15) is 0 Å². The number of nitrogens with zero attached hydrogens (tertiary/aromatic N) is 1. The summed E-state index contributed by atoms with van der Waals surface area (Å²) in [5.74, 6) is -0.332. The Balaban J connectivity index is 1.76. The number of imide groups is 1. The van der Waals surface area contributed by atoms with Crippen LogP contribution in [0.1, 0.15) is 58.6 Å². The second-order valence-corrected chi connectivity index (χ2v) is 18.5. The SMILES string of the molecule is COCO[C@@H]([C@@H](C)[C@H](CCCOCc1ccc(OC)cc1)O[Si](C)(C)C(C)(C)C)[C@@H](C)C(=O)N1C(=O)OC[C@H]1Cc1ccccc1. The van der Waals surface area contributed by atoms with Crippen LogP contribution >= 0.6 is 0 Å². The minimum Gasteiger partial charge on any atom is -0.497 e. The van der Waals surface area contributed by atoms with Crippen LogP contribution in [0.3, 0.4) is 0 Å². The first-order valence-corrected chi connectivity index (χ1v) is 19.2. The fourth-order valence-corrected chi connectivity index (χ4v) is 6.96. The minimum absolute atomic E-state index is 0.00980. The van der Waals surface area contributed by atoms with E-state index in [0.717, 1.165) is 29.7 Å². The summed E-state index contributed by atoms with van der Waals surface area (Å²) in [5.41, 5.74) is 2.11. The largest absolute Gasteiger partial charge is 0.497 e. The molecule has 0 radical (unpaired) electrons. The first-order valence-electron chi connectivity index (χ1n) is 16.3. The third kappa shape index (κ3) is 10.4. The molecule has 1 saturated heterocycles. The van der Waals surface area contributed by atoms with E-state index < -0.39 is 26.4 Å². The van der Waals surface area contributed by atoms with Gasteiger partial charge in [0.15, 0.2) is 8.32 Å². The molecule has 2 amide bonds. The van der Waals surface area contributed by atoms with Crippen LogP contribution in [0, 0.1) is 11.8 Å². The number of hydrogen-bond donors (Lipinski definition) is 0. The number of methoxy groups -OCH3 is 2. The van der Waals surface area contributed by atoms with Crippen LogP contribution in [0.5, 0.6) is 5.75 Å². The van der Waals surface area contributed by atoms with E-state index in [2.05, 4.69) is 40.8 Å². The van der Waals surface area contributed by atoms with Crippen LogP contribution in [0.15, 0.2) is 54.6 Å². The number of carbonyl (C=O) groups excluding carboxylic acids is 2. The Hall–Kier alpha value is -2.76. The van der Waals surface area contributed by atoms with E-state index in [9.17, 15) is 9.59 Å². The molecule has 0 saturated carbocycles. The molecule has 1 fully saturated rings. The summed E-state index contributed by atoms with van der Waals surface area (Å²) in [7, 11) is 1.01. The van der Waals surface area contributed by atoms with Crippen molar-refractivity contribution in [2.24, 2.45) is 11.8 Å². The van der Waals surface area contributed by atoms with Crippen molar-refractivity contribution in [2.45, 2.75) is 96.9 Å². The van der Waals surface area contributed by atoms with Gasteiger partial charge in [-0.25, -0.2) is 9.69 Å². The van der Waals surface area contributed by atoms with Crippen LogP contribution in [0.2, 0.25) is 18.1 Å². The molecule has 0 unspecified atom stereocenters. The van der Waals surface area contributed by atoms with Gasteiger partial charge < -0.3 is 28.1 Å². The molecule has 2 aromatic carbocycles. The van der Waals surface area contributed by atoms with E-state index in [0.29, 0.717) is 19.6 Å². The maximum Gasteiger partial charge on any atom is 0.416 e. The first-order chi connectivity index (χ1) is 21.8. The van der Waals surface area contributed by atoms with Crippen molar-refractivity contribution in [3.63, 3.8) is 0 Å². The zero-order valence-corrected chi connectivity index (χ0v) is 30.2. The third-order valence-electron chi connectivity index (χ3n) is 9.34. The summed E-state index contributed by atoms with van der Waals surface area (Å²) in [6.45, 7) is 16.3. The zero-order chi connectivity index (χ0) is 33.9. The summed E-state index contributed by atoms with van der Waals surface area (Å²) in [6, 6.07) is 17.3. The quantitative estimate of drug-likeness (QED) is 0.0942. The molecule has 10 heteroatoms. The molecular formula is C36H55NO8Si. The van der Waals surface area contributed by atoms with Crippen molar-refractivity contribution in [3.8, 4) is 5.75 Å². The monoisotopic (exact) mass is 657 g/mol. The van der Waals surface area contributed by atoms with Crippen molar-refractivity contribution in [1.29, 1.82) is 0 Å². The number of carbonyl (C=O) groups is 2. The Kier molecular flexibility index (Phi) is 14.3. The number of cyclic esters (lactones) is 1. The average molecular weight is 658 g/mol. The van der Waals surface area contributed by atoms with Gasteiger partial charge in [-0.1, -0.05) is 77.1 Å².